The smallest absolute Gasteiger partial charge is 0.493 e. The molecule has 10 heteroatoms. The highest BCUT2D eigenvalue weighted by Crippen LogP contribution is 2.32. The Kier molecular flexibility index (Phi) is 8.06. The first-order chi connectivity index (χ1) is 16.6. The Hall–Kier alpha value is -3.95. The topological polar surface area (TPSA) is 126 Å². The van der Waals surface area contributed by atoms with Crippen molar-refractivity contribution in [1.29, 1.82) is 0 Å². The maximum Gasteiger partial charge on any atom is 0.514 e. The molecule has 1 atom stereocenters. The van der Waals surface area contributed by atoms with E-state index in [0.717, 1.165) is 5.56 Å². The van der Waals surface area contributed by atoms with Crippen molar-refractivity contribution in [1.82, 2.24) is 20.4 Å². The Morgan fingerprint density at radius 3 is 2.49 bits per heavy atom. The molecule has 0 bridgehead atoms. The summed E-state index contributed by atoms with van der Waals surface area (Å²) < 4.78 is 21.1. The predicted octanol–water partition coefficient (Wildman–Crippen LogP) is 4.46. The van der Waals surface area contributed by atoms with Gasteiger partial charge < -0.3 is 24.1 Å². The van der Waals surface area contributed by atoms with Gasteiger partial charge in [0.1, 0.15) is 0 Å². The molecule has 1 amide bonds. The zero-order valence-corrected chi connectivity index (χ0v) is 20.7. The molecule has 0 radical (unpaired) electrons. The number of rotatable bonds is 9. The first-order valence-corrected chi connectivity index (χ1v) is 11.2. The molecule has 0 aliphatic rings. The predicted molar refractivity (Wildman–Crippen MR) is 126 cm³/mol. The number of carbonyl (C=O) groups is 2. The quantitative estimate of drug-likeness (QED) is 0.440. The molecule has 2 aromatic heterocycles. The molecule has 1 aromatic carbocycles. The highest BCUT2D eigenvalue weighted by atomic mass is 16.7. The number of nitrogens with zero attached hydrogens (tertiary/aromatic N) is 3. The fraction of sp³-hybridized carbons (Fsp3) is 0.400. The molecule has 2 heterocycles. The first kappa shape index (κ1) is 25.7. The number of pyridine rings is 1. The molecule has 0 aliphatic heterocycles. The van der Waals surface area contributed by atoms with Crippen LogP contribution in [-0.2, 0) is 10.2 Å². The van der Waals surface area contributed by atoms with E-state index in [2.05, 4.69) is 20.4 Å². The highest BCUT2D eigenvalue weighted by molar-refractivity contribution is 5.96. The molecule has 1 N–H and O–H groups in total. The Labute approximate surface area is 204 Å². The van der Waals surface area contributed by atoms with Crippen molar-refractivity contribution in [2.45, 2.75) is 46.1 Å². The number of methoxy groups -OCH3 is 1. The van der Waals surface area contributed by atoms with E-state index < -0.39 is 23.5 Å². The lowest BCUT2D eigenvalue weighted by atomic mass is 9.84. The van der Waals surface area contributed by atoms with Crippen LogP contribution >= 0.6 is 0 Å². The number of hydrogen-bond acceptors (Lipinski definition) is 9. The SMILES string of the molecule is COc1ccnc(C(=O)N[C@@H](C)c2noc(C(C)(C)c3ccccc3)n2)c1OC(=O)OCC(C)C. The van der Waals surface area contributed by atoms with Crippen molar-refractivity contribution in [3.8, 4) is 11.5 Å². The Balaban J connectivity index is 1.77. The molecule has 35 heavy (non-hydrogen) atoms. The van der Waals surface area contributed by atoms with Gasteiger partial charge in [-0.05, 0) is 32.3 Å². The lowest BCUT2D eigenvalue weighted by Gasteiger charge is -2.20. The summed E-state index contributed by atoms with van der Waals surface area (Å²) in [7, 11) is 1.39. The second-order valence-electron chi connectivity index (χ2n) is 8.89. The van der Waals surface area contributed by atoms with E-state index in [1.165, 1.54) is 19.4 Å². The van der Waals surface area contributed by atoms with Crippen molar-refractivity contribution >= 4 is 12.1 Å². The van der Waals surface area contributed by atoms with E-state index in [9.17, 15) is 9.59 Å². The third kappa shape index (κ3) is 6.14. The number of amides is 1. The standard InChI is InChI=1S/C25H30N4O6/c1-15(2)14-33-24(31)34-20-18(32-6)12-13-26-19(20)22(30)27-16(3)21-28-23(35-29-21)25(4,5)17-10-8-7-9-11-17/h7-13,15-16H,14H2,1-6H3,(H,27,30)/t16-/m0/s1. The monoisotopic (exact) mass is 482 g/mol. The average molecular weight is 483 g/mol. The summed E-state index contributed by atoms with van der Waals surface area (Å²) in [5, 5.41) is 6.81. The third-order valence-corrected chi connectivity index (χ3v) is 5.23. The van der Waals surface area contributed by atoms with Crippen LogP contribution in [0.4, 0.5) is 4.79 Å². The van der Waals surface area contributed by atoms with Crippen LogP contribution in [0.15, 0.2) is 47.1 Å². The van der Waals surface area contributed by atoms with E-state index in [4.69, 9.17) is 18.7 Å². The minimum Gasteiger partial charge on any atom is -0.493 e. The minimum atomic E-state index is -0.960. The highest BCUT2D eigenvalue weighted by Gasteiger charge is 2.31. The zero-order chi connectivity index (χ0) is 25.6. The van der Waals surface area contributed by atoms with Gasteiger partial charge in [-0.3, -0.25) is 4.79 Å². The molecule has 0 saturated carbocycles. The van der Waals surface area contributed by atoms with Gasteiger partial charge in [0.05, 0.1) is 25.2 Å². The number of benzene rings is 1. The van der Waals surface area contributed by atoms with E-state index in [-0.39, 0.29) is 29.7 Å². The minimum absolute atomic E-state index is 0.119. The van der Waals surface area contributed by atoms with Crippen molar-refractivity contribution in [3.63, 3.8) is 0 Å². The Morgan fingerprint density at radius 2 is 1.83 bits per heavy atom. The molecule has 186 valence electrons. The second-order valence-corrected chi connectivity index (χ2v) is 8.89. The van der Waals surface area contributed by atoms with Crippen molar-refractivity contribution in [3.05, 3.63) is 65.6 Å². The number of aromatic nitrogens is 3. The maximum atomic E-state index is 13.0. The van der Waals surface area contributed by atoms with Crippen LogP contribution in [0.5, 0.6) is 11.5 Å². The molecule has 3 aromatic rings. The molecular weight excluding hydrogens is 452 g/mol. The van der Waals surface area contributed by atoms with E-state index >= 15 is 0 Å². The third-order valence-electron chi connectivity index (χ3n) is 5.23. The van der Waals surface area contributed by atoms with Crippen LogP contribution in [0, 0.1) is 5.92 Å². The molecule has 0 fully saturated rings. The summed E-state index contributed by atoms with van der Waals surface area (Å²) in [6.07, 6.45) is 0.414. The Morgan fingerprint density at radius 1 is 1.11 bits per heavy atom. The van der Waals surface area contributed by atoms with Gasteiger partial charge >= 0.3 is 6.16 Å². The van der Waals surface area contributed by atoms with Gasteiger partial charge in [-0.2, -0.15) is 4.98 Å². The number of ether oxygens (including phenoxy) is 3. The van der Waals surface area contributed by atoms with Gasteiger partial charge in [0.25, 0.3) is 5.91 Å². The van der Waals surface area contributed by atoms with Gasteiger partial charge in [0, 0.05) is 12.3 Å². The van der Waals surface area contributed by atoms with Crippen LogP contribution in [0.25, 0.3) is 0 Å². The largest absolute Gasteiger partial charge is 0.514 e. The van der Waals surface area contributed by atoms with Crippen LogP contribution < -0.4 is 14.8 Å². The summed E-state index contributed by atoms with van der Waals surface area (Å²) in [5.41, 5.74) is 0.340. The summed E-state index contributed by atoms with van der Waals surface area (Å²) in [6.45, 7) is 9.61. The van der Waals surface area contributed by atoms with E-state index in [1.807, 2.05) is 58.0 Å². The van der Waals surface area contributed by atoms with E-state index in [1.54, 1.807) is 6.92 Å². The summed E-state index contributed by atoms with van der Waals surface area (Å²) in [4.78, 5) is 33.8. The van der Waals surface area contributed by atoms with Gasteiger partial charge in [0.2, 0.25) is 11.6 Å². The molecule has 0 aliphatic carbocycles. The lowest BCUT2D eigenvalue weighted by molar-refractivity contribution is 0.0852. The molecule has 0 spiro atoms. The maximum absolute atomic E-state index is 13.0. The van der Waals surface area contributed by atoms with Crippen molar-refractivity contribution in [2.75, 3.05) is 13.7 Å². The van der Waals surface area contributed by atoms with Gasteiger partial charge in [-0.25, -0.2) is 9.78 Å². The van der Waals surface area contributed by atoms with Crippen molar-refractivity contribution in [2.24, 2.45) is 5.92 Å². The normalized spacial score (nSPS) is 12.2. The van der Waals surface area contributed by atoms with Crippen LogP contribution in [0.3, 0.4) is 0 Å². The molecule has 10 nitrogen and oxygen atoms in total. The van der Waals surface area contributed by atoms with Crippen LogP contribution in [0.2, 0.25) is 0 Å². The summed E-state index contributed by atoms with van der Waals surface area (Å²) >= 11 is 0. The zero-order valence-electron chi connectivity index (χ0n) is 20.7. The number of carbonyl (C=O) groups excluding carboxylic acids is 2. The second kappa shape index (κ2) is 11.0. The van der Waals surface area contributed by atoms with Crippen LogP contribution in [0.1, 0.15) is 68.4 Å². The van der Waals surface area contributed by atoms with E-state index in [0.29, 0.717) is 11.7 Å². The molecule has 0 saturated heterocycles. The molecule has 0 unspecified atom stereocenters. The van der Waals surface area contributed by atoms with Gasteiger partial charge in [-0.1, -0.05) is 49.3 Å². The number of hydrogen-bond donors (Lipinski definition) is 1. The summed E-state index contributed by atoms with van der Waals surface area (Å²) in [6, 6.07) is 10.6. The fourth-order valence-electron chi connectivity index (χ4n) is 3.17. The molecule has 3 rings (SSSR count). The number of nitrogens with one attached hydrogen (secondary N) is 1. The summed E-state index contributed by atoms with van der Waals surface area (Å²) in [5.74, 6) is 0.221. The van der Waals surface area contributed by atoms with Crippen LogP contribution in [-0.4, -0.2) is 40.9 Å². The fourth-order valence-corrected chi connectivity index (χ4v) is 3.17. The molecular formula is C25H30N4O6. The lowest BCUT2D eigenvalue weighted by Crippen LogP contribution is -2.29. The van der Waals surface area contributed by atoms with Gasteiger partial charge in [-0.15, -0.1) is 0 Å². The Bertz CT molecular complexity index is 1160. The van der Waals surface area contributed by atoms with Gasteiger partial charge in [0.15, 0.2) is 17.3 Å². The van der Waals surface area contributed by atoms with Crippen molar-refractivity contribution < 1.29 is 28.3 Å². The average Bonchev–Trinajstić information content (AvgIpc) is 3.35. The first-order valence-electron chi connectivity index (χ1n) is 11.2.